The highest BCUT2D eigenvalue weighted by molar-refractivity contribution is 5.95. The van der Waals surface area contributed by atoms with E-state index in [1.165, 1.54) is 7.11 Å². The predicted octanol–water partition coefficient (Wildman–Crippen LogP) is 1.31. The van der Waals surface area contributed by atoms with Gasteiger partial charge in [0.15, 0.2) is 0 Å². The Labute approximate surface area is 101 Å². The van der Waals surface area contributed by atoms with Gasteiger partial charge >= 0.3 is 12.1 Å². The van der Waals surface area contributed by atoms with E-state index in [-0.39, 0.29) is 18.6 Å². The Morgan fingerprint density at radius 1 is 1.24 bits per heavy atom. The maximum Gasteiger partial charge on any atom is 0.434 e. The lowest BCUT2D eigenvalue weighted by Gasteiger charge is -2.17. The second kappa shape index (κ2) is 7.01. The number of aliphatic imine (C=N–C) groups is 1. The molecule has 0 spiro atoms. The second-order valence-corrected chi connectivity index (χ2v) is 4.39. The molecule has 6 heteroatoms. The summed E-state index contributed by atoms with van der Waals surface area (Å²) in [6, 6.07) is 0. The highest BCUT2D eigenvalue weighted by Gasteiger charge is 2.16. The van der Waals surface area contributed by atoms with E-state index in [4.69, 9.17) is 9.84 Å². The molecule has 0 rings (SSSR count). The van der Waals surface area contributed by atoms with Gasteiger partial charge in [0.1, 0.15) is 5.60 Å². The van der Waals surface area contributed by atoms with Crippen LogP contribution >= 0.6 is 0 Å². The Morgan fingerprint density at radius 2 is 1.82 bits per heavy atom. The summed E-state index contributed by atoms with van der Waals surface area (Å²) in [5, 5.41) is 8.97. The summed E-state index contributed by atoms with van der Waals surface area (Å²) in [6.45, 7) is 4.75. The Bertz CT molecular complexity index is 303. The molecule has 0 aliphatic carbocycles. The van der Waals surface area contributed by atoms with Gasteiger partial charge in [-0.05, 0) is 27.2 Å². The molecule has 0 aromatic heterocycles. The quantitative estimate of drug-likeness (QED) is 0.596. The number of aliphatic hydroxyl groups excluding tert-OH is 1. The topological polar surface area (TPSA) is 85.2 Å². The fourth-order valence-electron chi connectivity index (χ4n) is 0.933. The first kappa shape index (κ1) is 15.6. The molecule has 0 aliphatic rings. The number of carbonyl (C=O) groups is 2. The molecule has 0 aromatic carbocycles. The summed E-state index contributed by atoms with van der Waals surface area (Å²) < 4.78 is 9.39. The van der Waals surface area contributed by atoms with Crippen LogP contribution in [0.2, 0.25) is 0 Å². The molecule has 98 valence electrons. The zero-order chi connectivity index (χ0) is 13.5. The number of nitrogens with zero attached hydrogens (tertiary/aromatic N) is 1. The van der Waals surface area contributed by atoms with E-state index < -0.39 is 24.3 Å². The van der Waals surface area contributed by atoms with Gasteiger partial charge < -0.3 is 14.6 Å². The van der Waals surface area contributed by atoms with E-state index in [9.17, 15) is 9.59 Å². The zero-order valence-electron chi connectivity index (χ0n) is 10.6. The van der Waals surface area contributed by atoms with Crippen molar-refractivity contribution in [3.8, 4) is 0 Å². The van der Waals surface area contributed by atoms with Gasteiger partial charge in [-0.15, -0.1) is 0 Å². The number of methoxy groups -OCH3 is 1. The third kappa shape index (κ3) is 8.38. The van der Waals surface area contributed by atoms with Crippen LogP contribution < -0.4 is 0 Å². The van der Waals surface area contributed by atoms with E-state index in [2.05, 4.69) is 9.73 Å². The van der Waals surface area contributed by atoms with Crippen molar-refractivity contribution in [2.24, 2.45) is 4.99 Å². The van der Waals surface area contributed by atoms with Crippen molar-refractivity contribution in [1.82, 2.24) is 0 Å². The van der Waals surface area contributed by atoms with E-state index in [0.29, 0.717) is 0 Å². The first-order chi connectivity index (χ1) is 7.78. The number of aliphatic hydroxyl groups is 1. The molecule has 0 unspecified atom stereocenters. The Balaban J connectivity index is 4.34. The lowest BCUT2D eigenvalue weighted by atomic mass is 10.2. The van der Waals surface area contributed by atoms with Gasteiger partial charge in [-0.25, -0.2) is 4.79 Å². The number of rotatable bonds is 4. The van der Waals surface area contributed by atoms with Gasteiger partial charge in [0.25, 0.3) is 0 Å². The number of amides is 1. The minimum absolute atomic E-state index is 0.0681. The number of ether oxygens (including phenoxy) is 2. The van der Waals surface area contributed by atoms with Crippen molar-refractivity contribution >= 4 is 17.8 Å². The third-order valence-electron chi connectivity index (χ3n) is 1.67. The molecule has 17 heavy (non-hydrogen) atoms. The summed E-state index contributed by atoms with van der Waals surface area (Å²) in [5.41, 5.74) is -0.437. The number of hydrogen-bond acceptors (Lipinski definition) is 5. The molecular weight excluding hydrogens is 226 g/mol. The van der Waals surface area contributed by atoms with E-state index >= 15 is 0 Å². The minimum Gasteiger partial charge on any atom is -0.469 e. The van der Waals surface area contributed by atoms with E-state index in [1.54, 1.807) is 20.8 Å². The molecule has 0 saturated heterocycles. The maximum atomic E-state index is 11.3. The normalized spacial score (nSPS) is 12.2. The molecule has 1 N–H and O–H groups in total. The fraction of sp³-hybridized carbons (Fsp3) is 0.727. The molecule has 0 radical (unpaired) electrons. The van der Waals surface area contributed by atoms with Crippen LogP contribution in [0.25, 0.3) is 0 Å². The summed E-state index contributed by atoms with van der Waals surface area (Å²) >= 11 is 0. The predicted molar refractivity (Wildman–Crippen MR) is 62.0 cm³/mol. The van der Waals surface area contributed by atoms with Crippen LogP contribution in [0.3, 0.4) is 0 Å². The largest absolute Gasteiger partial charge is 0.469 e. The van der Waals surface area contributed by atoms with Gasteiger partial charge in [0.2, 0.25) is 0 Å². The maximum absolute atomic E-state index is 11.3. The highest BCUT2D eigenvalue weighted by Crippen LogP contribution is 2.08. The third-order valence-corrected chi connectivity index (χ3v) is 1.67. The van der Waals surface area contributed by atoms with Gasteiger partial charge in [-0.1, -0.05) is 0 Å². The number of carbonyl (C=O) groups excluding carboxylic acids is 2. The molecule has 0 atom stereocenters. The smallest absolute Gasteiger partial charge is 0.434 e. The van der Waals surface area contributed by atoms with Crippen molar-refractivity contribution in [1.29, 1.82) is 0 Å². The lowest BCUT2D eigenvalue weighted by molar-refractivity contribution is -0.140. The monoisotopic (exact) mass is 245 g/mol. The van der Waals surface area contributed by atoms with Crippen LogP contribution in [0, 0.1) is 0 Å². The molecular formula is C11H19NO5. The van der Waals surface area contributed by atoms with Crippen LogP contribution in [-0.4, -0.2) is 42.2 Å². The van der Waals surface area contributed by atoms with E-state index in [0.717, 1.165) is 0 Å². The van der Waals surface area contributed by atoms with Crippen molar-refractivity contribution in [2.45, 2.75) is 39.2 Å². The number of esters is 1. The fourth-order valence-corrected chi connectivity index (χ4v) is 0.933. The van der Waals surface area contributed by atoms with Gasteiger partial charge in [0.05, 0.1) is 25.8 Å². The Morgan fingerprint density at radius 3 is 2.24 bits per heavy atom. The summed E-state index contributed by atoms with van der Waals surface area (Å²) in [4.78, 5) is 25.8. The van der Waals surface area contributed by atoms with Crippen LogP contribution in [0.4, 0.5) is 4.79 Å². The van der Waals surface area contributed by atoms with E-state index in [1.807, 2.05) is 0 Å². The van der Waals surface area contributed by atoms with Crippen molar-refractivity contribution in [2.75, 3.05) is 13.7 Å². The van der Waals surface area contributed by atoms with Crippen LogP contribution in [0.1, 0.15) is 33.6 Å². The summed E-state index contributed by atoms with van der Waals surface area (Å²) in [7, 11) is 1.27. The zero-order valence-corrected chi connectivity index (χ0v) is 10.6. The SMILES string of the molecule is COC(=O)CCC(CO)=NC(=O)OC(C)(C)C. The Hall–Kier alpha value is -1.43. The molecule has 0 aromatic rings. The Kier molecular flexibility index (Phi) is 6.42. The van der Waals surface area contributed by atoms with Crippen molar-refractivity contribution < 1.29 is 24.2 Å². The first-order valence-corrected chi connectivity index (χ1v) is 5.25. The molecule has 1 amide bonds. The first-order valence-electron chi connectivity index (χ1n) is 5.25. The summed E-state index contributed by atoms with van der Waals surface area (Å²) in [5.74, 6) is -0.421. The molecule has 0 bridgehead atoms. The molecule has 6 nitrogen and oxygen atoms in total. The molecule has 0 fully saturated rings. The molecule has 0 aliphatic heterocycles. The second-order valence-electron chi connectivity index (χ2n) is 4.39. The van der Waals surface area contributed by atoms with Crippen LogP contribution in [-0.2, 0) is 14.3 Å². The van der Waals surface area contributed by atoms with Crippen molar-refractivity contribution in [3.05, 3.63) is 0 Å². The molecule has 0 heterocycles. The number of hydrogen-bond donors (Lipinski definition) is 1. The lowest BCUT2D eigenvalue weighted by Crippen LogP contribution is -2.23. The van der Waals surface area contributed by atoms with Gasteiger partial charge in [0, 0.05) is 0 Å². The average Bonchev–Trinajstić information content (AvgIpc) is 2.20. The van der Waals surface area contributed by atoms with Gasteiger partial charge in [-0.2, -0.15) is 4.99 Å². The molecule has 0 saturated carbocycles. The van der Waals surface area contributed by atoms with Crippen LogP contribution in [0.15, 0.2) is 4.99 Å². The summed E-state index contributed by atoms with van der Waals surface area (Å²) in [6.07, 6.45) is -0.535. The highest BCUT2D eigenvalue weighted by atomic mass is 16.6. The minimum atomic E-state index is -0.772. The average molecular weight is 245 g/mol. The standard InChI is InChI=1S/C11H19NO5/c1-11(2,3)17-10(15)12-8(7-13)5-6-9(14)16-4/h13H,5-7H2,1-4H3. The van der Waals surface area contributed by atoms with Gasteiger partial charge in [-0.3, -0.25) is 4.79 Å². The van der Waals surface area contributed by atoms with Crippen molar-refractivity contribution in [3.63, 3.8) is 0 Å². The van der Waals surface area contributed by atoms with Crippen LogP contribution in [0.5, 0.6) is 0 Å².